The summed E-state index contributed by atoms with van der Waals surface area (Å²) >= 11 is 1.74. The van der Waals surface area contributed by atoms with Gasteiger partial charge in [-0.1, -0.05) is 13.8 Å². The van der Waals surface area contributed by atoms with Crippen molar-refractivity contribution in [1.82, 2.24) is 9.55 Å². The first-order chi connectivity index (χ1) is 9.85. The average Bonchev–Trinajstić information content (AvgIpc) is 2.90. The quantitative estimate of drug-likeness (QED) is 0.936. The number of aliphatic hydroxyl groups is 1. The molecule has 114 valence electrons. The maximum absolute atomic E-state index is 10.4. The third-order valence-corrected chi connectivity index (χ3v) is 5.44. The van der Waals surface area contributed by atoms with Gasteiger partial charge in [0, 0.05) is 41.0 Å². The summed E-state index contributed by atoms with van der Waals surface area (Å²) in [6.07, 6.45) is 2.56. The van der Waals surface area contributed by atoms with Gasteiger partial charge < -0.3 is 9.67 Å². The predicted octanol–water partition coefficient (Wildman–Crippen LogP) is 3.81. The molecular weight excluding hydrogens is 280 g/mol. The molecule has 2 heterocycles. The lowest BCUT2D eigenvalue weighted by molar-refractivity contribution is 0.0979. The second kappa shape index (κ2) is 5.25. The van der Waals surface area contributed by atoms with Crippen molar-refractivity contribution in [1.29, 1.82) is 0 Å². The number of hydrogen-bond donors (Lipinski definition) is 1. The summed E-state index contributed by atoms with van der Waals surface area (Å²) in [5.74, 6) is 0. The highest BCUT2D eigenvalue weighted by Gasteiger charge is 2.33. The first-order valence-corrected chi connectivity index (χ1v) is 8.52. The fraction of sp³-hybridized carbons (Fsp3) is 0.588. The summed E-state index contributed by atoms with van der Waals surface area (Å²) in [6, 6.07) is 2.17. The Kier molecular flexibility index (Phi) is 3.70. The molecule has 0 fully saturated rings. The Balaban J connectivity index is 1.86. The van der Waals surface area contributed by atoms with Gasteiger partial charge in [-0.05, 0) is 38.2 Å². The highest BCUT2D eigenvalue weighted by Crippen LogP contribution is 2.42. The van der Waals surface area contributed by atoms with Crippen LogP contribution in [0.25, 0.3) is 0 Å². The van der Waals surface area contributed by atoms with E-state index in [0.29, 0.717) is 0 Å². The molecule has 2 aromatic rings. The highest BCUT2D eigenvalue weighted by atomic mass is 32.1. The number of hydrogen-bond acceptors (Lipinski definition) is 3. The molecule has 0 bridgehead atoms. The fourth-order valence-corrected chi connectivity index (χ4v) is 4.20. The van der Waals surface area contributed by atoms with Crippen LogP contribution in [-0.2, 0) is 19.4 Å². The highest BCUT2D eigenvalue weighted by molar-refractivity contribution is 7.09. The maximum atomic E-state index is 10.4. The Morgan fingerprint density at radius 1 is 1.43 bits per heavy atom. The van der Waals surface area contributed by atoms with Gasteiger partial charge in [-0.15, -0.1) is 11.3 Å². The predicted molar refractivity (Wildman–Crippen MR) is 86.8 cm³/mol. The first kappa shape index (κ1) is 14.8. The van der Waals surface area contributed by atoms with Crippen LogP contribution in [0.2, 0.25) is 0 Å². The molecular formula is C17H24N2OS. The zero-order chi connectivity index (χ0) is 15.2. The third-order valence-electron chi connectivity index (χ3n) is 4.42. The van der Waals surface area contributed by atoms with Crippen molar-refractivity contribution in [3.8, 4) is 0 Å². The number of aliphatic hydroxyl groups excluding tert-OH is 1. The normalized spacial score (nSPS) is 20.5. The molecule has 1 atom stereocenters. The van der Waals surface area contributed by atoms with E-state index in [2.05, 4.69) is 41.8 Å². The summed E-state index contributed by atoms with van der Waals surface area (Å²) in [6.45, 7) is 9.63. The van der Waals surface area contributed by atoms with Gasteiger partial charge in [0.15, 0.2) is 0 Å². The van der Waals surface area contributed by atoms with Crippen LogP contribution in [0.5, 0.6) is 0 Å². The molecule has 0 radical (unpaired) electrons. The molecule has 3 nitrogen and oxygen atoms in total. The van der Waals surface area contributed by atoms with Gasteiger partial charge in [0.05, 0.1) is 11.1 Å². The first-order valence-electron chi connectivity index (χ1n) is 7.64. The summed E-state index contributed by atoms with van der Waals surface area (Å²) in [7, 11) is 0. The van der Waals surface area contributed by atoms with Crippen molar-refractivity contribution in [2.24, 2.45) is 5.41 Å². The Morgan fingerprint density at radius 2 is 2.19 bits per heavy atom. The maximum Gasteiger partial charge on any atom is 0.0945 e. The molecule has 3 rings (SSSR count). The van der Waals surface area contributed by atoms with Gasteiger partial charge in [0.25, 0.3) is 0 Å². The van der Waals surface area contributed by atoms with Crippen LogP contribution in [0.4, 0.5) is 0 Å². The van der Waals surface area contributed by atoms with Crippen molar-refractivity contribution in [2.45, 2.75) is 59.6 Å². The van der Waals surface area contributed by atoms with E-state index in [-0.39, 0.29) is 11.5 Å². The topological polar surface area (TPSA) is 38.0 Å². The lowest BCUT2D eigenvalue weighted by Gasteiger charge is -2.34. The molecule has 0 amide bonds. The standard InChI is InChI=1S/C17H24N2OS/c1-11-10-21-16(18-11)5-6-19-12(2)7-13-14(19)8-17(3,4)9-15(13)20/h7,10,15,20H,5-6,8-9H2,1-4H3. The van der Waals surface area contributed by atoms with Gasteiger partial charge in [0.1, 0.15) is 0 Å². The molecule has 1 aliphatic rings. The minimum atomic E-state index is -0.314. The second-order valence-electron chi connectivity index (χ2n) is 7.03. The monoisotopic (exact) mass is 304 g/mol. The van der Waals surface area contributed by atoms with E-state index >= 15 is 0 Å². The lowest BCUT2D eigenvalue weighted by Crippen LogP contribution is -2.27. The number of aromatic nitrogens is 2. The molecule has 0 saturated carbocycles. The number of nitrogens with zero attached hydrogens (tertiary/aromatic N) is 2. The summed E-state index contributed by atoms with van der Waals surface area (Å²) < 4.78 is 2.39. The molecule has 0 aliphatic heterocycles. The Labute approximate surface area is 130 Å². The van der Waals surface area contributed by atoms with E-state index in [1.165, 1.54) is 16.4 Å². The summed E-state index contributed by atoms with van der Waals surface area (Å²) in [4.78, 5) is 4.55. The second-order valence-corrected chi connectivity index (χ2v) is 7.98. The molecule has 4 heteroatoms. The largest absolute Gasteiger partial charge is 0.388 e. The SMILES string of the molecule is Cc1csc(CCn2c(C)cc3c2CC(C)(C)CC3O)n1. The van der Waals surface area contributed by atoms with Gasteiger partial charge in [-0.2, -0.15) is 0 Å². The Bertz CT molecular complexity index is 654. The minimum absolute atomic E-state index is 0.173. The van der Waals surface area contributed by atoms with Crippen LogP contribution >= 0.6 is 11.3 Å². The van der Waals surface area contributed by atoms with Gasteiger partial charge in [-0.3, -0.25) is 0 Å². The molecule has 21 heavy (non-hydrogen) atoms. The average molecular weight is 304 g/mol. The minimum Gasteiger partial charge on any atom is -0.388 e. The van der Waals surface area contributed by atoms with Crippen LogP contribution in [0.1, 0.15) is 54.0 Å². The Morgan fingerprint density at radius 3 is 2.86 bits per heavy atom. The van der Waals surface area contributed by atoms with Crippen molar-refractivity contribution in [2.75, 3.05) is 0 Å². The van der Waals surface area contributed by atoms with Crippen molar-refractivity contribution < 1.29 is 5.11 Å². The molecule has 0 aromatic carbocycles. The molecule has 2 aromatic heterocycles. The van der Waals surface area contributed by atoms with Gasteiger partial charge in [0.2, 0.25) is 0 Å². The van der Waals surface area contributed by atoms with E-state index in [1.54, 1.807) is 11.3 Å². The summed E-state index contributed by atoms with van der Waals surface area (Å²) in [5, 5.41) is 13.7. The van der Waals surface area contributed by atoms with Gasteiger partial charge >= 0.3 is 0 Å². The molecule has 0 spiro atoms. The molecule has 0 saturated heterocycles. The van der Waals surface area contributed by atoms with Crippen molar-refractivity contribution >= 4 is 11.3 Å². The third kappa shape index (κ3) is 2.92. The van der Waals surface area contributed by atoms with E-state index in [9.17, 15) is 5.11 Å². The molecule has 1 aliphatic carbocycles. The van der Waals surface area contributed by atoms with Crippen LogP contribution in [0.15, 0.2) is 11.4 Å². The zero-order valence-electron chi connectivity index (χ0n) is 13.3. The number of fused-ring (bicyclic) bond motifs is 1. The lowest BCUT2D eigenvalue weighted by atomic mass is 9.75. The van der Waals surface area contributed by atoms with E-state index < -0.39 is 0 Å². The van der Waals surface area contributed by atoms with Crippen molar-refractivity contribution in [3.05, 3.63) is 39.1 Å². The van der Waals surface area contributed by atoms with Crippen LogP contribution in [-0.4, -0.2) is 14.7 Å². The zero-order valence-corrected chi connectivity index (χ0v) is 14.1. The number of thiazole rings is 1. The van der Waals surface area contributed by atoms with Crippen LogP contribution in [0.3, 0.4) is 0 Å². The van der Waals surface area contributed by atoms with E-state index in [4.69, 9.17) is 0 Å². The molecule has 1 N–H and O–H groups in total. The van der Waals surface area contributed by atoms with E-state index in [1.807, 2.05) is 6.92 Å². The number of rotatable bonds is 3. The number of aryl methyl sites for hydroxylation is 3. The van der Waals surface area contributed by atoms with Crippen LogP contribution < -0.4 is 0 Å². The van der Waals surface area contributed by atoms with Gasteiger partial charge in [-0.25, -0.2) is 4.98 Å². The summed E-state index contributed by atoms with van der Waals surface area (Å²) in [5.41, 5.74) is 5.00. The Hall–Kier alpha value is -1.13. The molecule has 1 unspecified atom stereocenters. The van der Waals surface area contributed by atoms with Crippen LogP contribution in [0, 0.1) is 19.3 Å². The smallest absolute Gasteiger partial charge is 0.0945 e. The van der Waals surface area contributed by atoms with Crippen molar-refractivity contribution in [3.63, 3.8) is 0 Å². The van der Waals surface area contributed by atoms with E-state index in [0.717, 1.165) is 37.1 Å². The fourth-order valence-electron chi connectivity index (χ4n) is 3.44.